The number of carbonyl (C=O) groups excluding carboxylic acids is 2. The molecule has 0 aromatic carbocycles. The van der Waals surface area contributed by atoms with Gasteiger partial charge in [0, 0.05) is 24.0 Å². The molecule has 1 amide bonds. The van der Waals surface area contributed by atoms with Crippen LogP contribution in [-0.4, -0.2) is 32.7 Å². The number of likely N-dealkylation sites (tertiary alicyclic amines) is 1. The molecule has 1 aliphatic carbocycles. The summed E-state index contributed by atoms with van der Waals surface area (Å²) in [6, 6.07) is 6.10. The van der Waals surface area contributed by atoms with Crippen molar-refractivity contribution in [3.8, 4) is 0 Å². The van der Waals surface area contributed by atoms with Crippen molar-refractivity contribution in [1.29, 1.82) is 0 Å². The highest BCUT2D eigenvalue weighted by Gasteiger charge is 2.50. The van der Waals surface area contributed by atoms with Crippen LogP contribution in [0.3, 0.4) is 0 Å². The van der Waals surface area contributed by atoms with Crippen LogP contribution in [0.4, 0.5) is 0 Å². The van der Waals surface area contributed by atoms with Gasteiger partial charge in [-0.25, -0.2) is 0 Å². The number of nitrogens with zero attached hydrogens (tertiary/aromatic N) is 2. The van der Waals surface area contributed by atoms with Crippen LogP contribution in [0.25, 0.3) is 5.76 Å². The largest absolute Gasteiger partial charge is 0.507 e. The SMILES string of the molecule is Cc1ccc(C2/C(=C(/O)c3ccncc3)C(=O)C(=O)N2C2CCCC2)o1. The number of furan rings is 1. The Kier molecular flexibility index (Phi) is 4.11. The van der Waals surface area contributed by atoms with E-state index < -0.39 is 17.7 Å². The zero-order valence-electron chi connectivity index (χ0n) is 14.5. The van der Waals surface area contributed by atoms with Gasteiger partial charge < -0.3 is 14.4 Å². The van der Waals surface area contributed by atoms with Crippen molar-refractivity contribution in [1.82, 2.24) is 9.88 Å². The van der Waals surface area contributed by atoms with Gasteiger partial charge in [0.1, 0.15) is 23.3 Å². The van der Waals surface area contributed by atoms with Gasteiger partial charge in [-0.1, -0.05) is 12.8 Å². The molecule has 1 N–H and O–H groups in total. The van der Waals surface area contributed by atoms with Crippen molar-refractivity contribution < 1.29 is 19.1 Å². The molecule has 26 heavy (non-hydrogen) atoms. The van der Waals surface area contributed by atoms with Gasteiger partial charge in [0.25, 0.3) is 11.7 Å². The van der Waals surface area contributed by atoms with Crippen LogP contribution < -0.4 is 0 Å². The Morgan fingerprint density at radius 1 is 1.15 bits per heavy atom. The molecular weight excluding hydrogens is 332 g/mol. The van der Waals surface area contributed by atoms with Crippen molar-refractivity contribution in [2.75, 3.05) is 0 Å². The minimum atomic E-state index is -0.694. The lowest BCUT2D eigenvalue weighted by molar-refractivity contribution is -0.141. The normalized spacial score (nSPS) is 23.1. The number of aliphatic hydroxyl groups is 1. The van der Waals surface area contributed by atoms with Gasteiger partial charge in [-0.2, -0.15) is 0 Å². The number of hydrogen-bond donors (Lipinski definition) is 1. The zero-order valence-corrected chi connectivity index (χ0v) is 14.5. The Morgan fingerprint density at radius 2 is 1.85 bits per heavy atom. The maximum absolute atomic E-state index is 12.8. The molecule has 4 rings (SSSR count). The summed E-state index contributed by atoms with van der Waals surface area (Å²) in [6.07, 6.45) is 6.85. The summed E-state index contributed by atoms with van der Waals surface area (Å²) in [7, 11) is 0. The molecule has 2 aliphatic rings. The fourth-order valence-corrected chi connectivity index (χ4v) is 3.95. The monoisotopic (exact) mass is 352 g/mol. The highest BCUT2D eigenvalue weighted by atomic mass is 16.3. The molecule has 134 valence electrons. The molecule has 0 bridgehead atoms. The minimum absolute atomic E-state index is 0.00963. The van der Waals surface area contributed by atoms with Crippen LogP contribution in [0.5, 0.6) is 0 Å². The van der Waals surface area contributed by atoms with E-state index in [0.29, 0.717) is 17.1 Å². The zero-order chi connectivity index (χ0) is 18.3. The smallest absolute Gasteiger partial charge is 0.296 e. The van der Waals surface area contributed by atoms with E-state index in [1.54, 1.807) is 29.2 Å². The number of rotatable bonds is 3. The molecular formula is C20H20N2O4. The first kappa shape index (κ1) is 16.6. The lowest BCUT2D eigenvalue weighted by Gasteiger charge is -2.29. The quantitative estimate of drug-likeness (QED) is 0.520. The predicted octanol–water partition coefficient (Wildman–Crippen LogP) is 3.35. The van der Waals surface area contributed by atoms with Crippen LogP contribution in [0.1, 0.15) is 48.8 Å². The van der Waals surface area contributed by atoms with Gasteiger partial charge >= 0.3 is 0 Å². The third-order valence-electron chi connectivity index (χ3n) is 5.18. The van der Waals surface area contributed by atoms with E-state index in [1.165, 1.54) is 12.4 Å². The molecule has 1 saturated heterocycles. The van der Waals surface area contributed by atoms with Crippen molar-refractivity contribution in [3.63, 3.8) is 0 Å². The third kappa shape index (κ3) is 2.62. The molecule has 6 heteroatoms. The van der Waals surface area contributed by atoms with E-state index in [1.807, 2.05) is 6.92 Å². The molecule has 1 saturated carbocycles. The van der Waals surface area contributed by atoms with Crippen LogP contribution in [0, 0.1) is 6.92 Å². The Hall–Kier alpha value is -2.89. The van der Waals surface area contributed by atoms with Gasteiger partial charge in [-0.15, -0.1) is 0 Å². The fraction of sp³-hybridized carbons (Fsp3) is 0.350. The molecule has 1 aliphatic heterocycles. The Balaban J connectivity index is 1.88. The van der Waals surface area contributed by atoms with Crippen molar-refractivity contribution >= 4 is 17.4 Å². The van der Waals surface area contributed by atoms with Crippen LogP contribution in [0.15, 0.2) is 46.6 Å². The lowest BCUT2D eigenvalue weighted by Crippen LogP contribution is -2.37. The first-order chi connectivity index (χ1) is 12.6. The minimum Gasteiger partial charge on any atom is -0.507 e. The molecule has 2 aromatic rings. The Bertz CT molecular complexity index is 878. The van der Waals surface area contributed by atoms with E-state index in [2.05, 4.69) is 4.98 Å². The predicted molar refractivity (Wildman–Crippen MR) is 94.1 cm³/mol. The van der Waals surface area contributed by atoms with Crippen LogP contribution in [-0.2, 0) is 9.59 Å². The van der Waals surface area contributed by atoms with Gasteiger partial charge in [0.2, 0.25) is 0 Å². The highest BCUT2D eigenvalue weighted by molar-refractivity contribution is 6.46. The summed E-state index contributed by atoms with van der Waals surface area (Å²) in [5.74, 6) is -0.216. The second-order valence-electron chi connectivity index (χ2n) is 6.83. The van der Waals surface area contributed by atoms with E-state index in [9.17, 15) is 14.7 Å². The van der Waals surface area contributed by atoms with Crippen molar-refractivity contribution in [2.45, 2.75) is 44.7 Å². The molecule has 2 aromatic heterocycles. The van der Waals surface area contributed by atoms with E-state index in [-0.39, 0.29) is 17.4 Å². The number of aryl methyl sites for hydroxylation is 1. The molecule has 3 heterocycles. The topological polar surface area (TPSA) is 83.6 Å². The number of pyridine rings is 1. The molecule has 0 radical (unpaired) electrons. The second kappa shape index (κ2) is 6.44. The average molecular weight is 352 g/mol. The summed E-state index contributed by atoms with van der Waals surface area (Å²) >= 11 is 0. The summed E-state index contributed by atoms with van der Waals surface area (Å²) in [6.45, 7) is 1.81. The van der Waals surface area contributed by atoms with Crippen molar-refractivity contribution in [2.24, 2.45) is 0 Å². The Labute approximate surface area is 151 Å². The first-order valence-electron chi connectivity index (χ1n) is 8.85. The van der Waals surface area contributed by atoms with E-state index in [4.69, 9.17) is 4.42 Å². The number of hydrogen-bond acceptors (Lipinski definition) is 5. The summed E-state index contributed by atoms with van der Waals surface area (Å²) < 4.78 is 5.77. The highest BCUT2D eigenvalue weighted by Crippen LogP contribution is 2.43. The maximum Gasteiger partial charge on any atom is 0.296 e. The maximum atomic E-state index is 12.8. The molecule has 2 fully saturated rings. The van der Waals surface area contributed by atoms with E-state index in [0.717, 1.165) is 25.7 Å². The van der Waals surface area contributed by atoms with Gasteiger partial charge in [-0.05, 0) is 44.0 Å². The Morgan fingerprint density at radius 3 is 2.46 bits per heavy atom. The van der Waals surface area contributed by atoms with Crippen molar-refractivity contribution in [3.05, 3.63) is 59.3 Å². The lowest BCUT2D eigenvalue weighted by atomic mass is 9.99. The molecule has 1 atom stereocenters. The third-order valence-corrected chi connectivity index (χ3v) is 5.18. The average Bonchev–Trinajstić information content (AvgIpc) is 3.37. The van der Waals surface area contributed by atoms with Gasteiger partial charge in [0.05, 0.1) is 5.57 Å². The van der Waals surface area contributed by atoms with Gasteiger partial charge in [-0.3, -0.25) is 14.6 Å². The van der Waals surface area contributed by atoms with Gasteiger partial charge in [0.15, 0.2) is 0 Å². The number of Topliss-reactive ketones (excluding diaryl/α,β-unsaturated/α-hetero) is 1. The van der Waals surface area contributed by atoms with Crippen LogP contribution in [0.2, 0.25) is 0 Å². The fourth-order valence-electron chi connectivity index (χ4n) is 3.95. The summed E-state index contributed by atoms with van der Waals surface area (Å²) in [5.41, 5.74) is 0.542. The summed E-state index contributed by atoms with van der Waals surface area (Å²) in [4.78, 5) is 31.2. The summed E-state index contributed by atoms with van der Waals surface area (Å²) in [5, 5.41) is 10.8. The van der Waals surface area contributed by atoms with E-state index >= 15 is 0 Å². The second-order valence-corrected chi connectivity index (χ2v) is 6.83. The number of aliphatic hydroxyl groups excluding tert-OH is 1. The standard InChI is InChI=1S/C20H20N2O4/c1-12-6-7-15(26-12)17-16(18(23)13-8-10-21-11-9-13)19(24)20(25)22(17)14-4-2-3-5-14/h6-11,14,17,23H,2-5H2,1H3/b18-16-. The number of carbonyl (C=O) groups is 2. The van der Waals surface area contributed by atoms with Crippen LogP contribution >= 0.6 is 0 Å². The molecule has 1 unspecified atom stereocenters. The number of ketones is 1. The number of aromatic nitrogens is 1. The number of amides is 1. The first-order valence-corrected chi connectivity index (χ1v) is 8.85. The molecule has 0 spiro atoms. The molecule has 6 nitrogen and oxygen atoms in total.